The van der Waals surface area contributed by atoms with Crippen LogP contribution < -0.4 is 5.43 Å². The van der Waals surface area contributed by atoms with E-state index in [4.69, 9.17) is 14.2 Å². The zero-order valence-corrected chi connectivity index (χ0v) is 17.7. The summed E-state index contributed by atoms with van der Waals surface area (Å²) in [6.45, 7) is 1.56. The fraction of sp³-hybridized carbons (Fsp3) is 0.292. The predicted octanol–water partition coefficient (Wildman–Crippen LogP) is 2.60. The van der Waals surface area contributed by atoms with Crippen LogP contribution in [0.15, 0.2) is 59.5 Å². The van der Waals surface area contributed by atoms with E-state index in [-0.39, 0.29) is 42.6 Å². The largest absolute Gasteiger partial charge is 0.463 e. The Balaban J connectivity index is 1.43. The highest BCUT2D eigenvalue weighted by molar-refractivity contribution is 5.72. The van der Waals surface area contributed by atoms with Gasteiger partial charge in [-0.25, -0.2) is 13.5 Å². The number of benzene rings is 2. The number of carbonyl (C=O) groups is 1. The molecular formula is C24H22F2N2O5. The molecular weight excluding hydrogens is 434 g/mol. The van der Waals surface area contributed by atoms with Gasteiger partial charge in [-0.2, -0.15) is 5.10 Å². The maximum absolute atomic E-state index is 13.6. The second kappa shape index (κ2) is 10.5. The average Bonchev–Trinajstić information content (AvgIpc) is 2.82. The molecule has 0 radical (unpaired) electrons. The molecule has 1 fully saturated rings. The van der Waals surface area contributed by atoms with Crippen molar-refractivity contribution in [1.29, 1.82) is 0 Å². The molecule has 1 unspecified atom stereocenters. The Kier molecular flexibility index (Phi) is 7.21. The molecule has 9 heteroatoms. The van der Waals surface area contributed by atoms with Crippen molar-refractivity contribution in [3.8, 4) is 5.69 Å². The van der Waals surface area contributed by atoms with Crippen LogP contribution >= 0.6 is 0 Å². The predicted molar refractivity (Wildman–Crippen MR) is 114 cm³/mol. The van der Waals surface area contributed by atoms with Gasteiger partial charge in [0.25, 0.3) is 0 Å². The fourth-order valence-electron chi connectivity index (χ4n) is 3.42. The molecule has 2 heterocycles. The first-order valence-electron chi connectivity index (χ1n) is 10.4. The minimum absolute atomic E-state index is 0.0721. The highest BCUT2D eigenvalue weighted by atomic mass is 19.2. The van der Waals surface area contributed by atoms with Crippen molar-refractivity contribution in [1.82, 2.24) is 9.78 Å². The smallest absolute Gasteiger partial charge is 0.310 e. The highest BCUT2D eigenvalue weighted by Gasteiger charge is 2.17. The third-order valence-corrected chi connectivity index (χ3v) is 5.07. The molecule has 1 aromatic heterocycles. The molecule has 7 nitrogen and oxygen atoms in total. The number of carbonyl (C=O) groups excluding carboxylic acids is 1. The van der Waals surface area contributed by atoms with Crippen molar-refractivity contribution in [2.45, 2.75) is 18.9 Å². The first-order chi connectivity index (χ1) is 16.0. The second-order valence-corrected chi connectivity index (χ2v) is 7.59. The summed E-state index contributed by atoms with van der Waals surface area (Å²) in [5.74, 6) is -2.36. The SMILES string of the molecule is O=C(Cc1cccc(Cc2nn(-c3ccc(F)c(F)c3)ccc2=O)c1)OCC1COCCO1. The zero-order valence-electron chi connectivity index (χ0n) is 17.7. The van der Waals surface area contributed by atoms with Gasteiger partial charge in [-0.15, -0.1) is 0 Å². The molecule has 0 bridgehead atoms. The summed E-state index contributed by atoms with van der Waals surface area (Å²) in [5.41, 5.74) is 1.75. The van der Waals surface area contributed by atoms with Gasteiger partial charge < -0.3 is 14.2 Å². The first-order valence-corrected chi connectivity index (χ1v) is 10.4. The minimum atomic E-state index is -1.00. The number of hydrogen-bond donors (Lipinski definition) is 0. The first kappa shape index (κ1) is 22.8. The van der Waals surface area contributed by atoms with Crippen LogP contribution in [0.1, 0.15) is 16.8 Å². The van der Waals surface area contributed by atoms with Gasteiger partial charge >= 0.3 is 5.97 Å². The number of ether oxygens (including phenoxy) is 3. The monoisotopic (exact) mass is 456 g/mol. The third-order valence-electron chi connectivity index (χ3n) is 5.07. The standard InChI is InChI=1S/C24H22F2N2O5/c25-20-5-4-18(13-21(20)26)28-7-6-23(29)22(27-28)11-16-2-1-3-17(10-16)12-24(30)33-15-19-14-31-8-9-32-19/h1-7,10,13,19H,8-9,11-12,14-15H2. The Morgan fingerprint density at radius 3 is 2.73 bits per heavy atom. The Morgan fingerprint density at radius 1 is 1.09 bits per heavy atom. The lowest BCUT2D eigenvalue weighted by atomic mass is 10.0. The van der Waals surface area contributed by atoms with Crippen molar-refractivity contribution in [2.24, 2.45) is 0 Å². The Labute approximate surface area is 188 Å². The minimum Gasteiger partial charge on any atom is -0.463 e. The molecule has 0 amide bonds. The van der Waals surface area contributed by atoms with Gasteiger partial charge in [0.15, 0.2) is 11.6 Å². The van der Waals surface area contributed by atoms with Crippen molar-refractivity contribution in [3.05, 3.63) is 93.4 Å². The molecule has 0 aliphatic carbocycles. The number of halogens is 2. The van der Waals surface area contributed by atoms with Crippen LogP contribution in [0.4, 0.5) is 8.78 Å². The maximum Gasteiger partial charge on any atom is 0.310 e. The number of aromatic nitrogens is 2. The van der Waals surface area contributed by atoms with E-state index in [2.05, 4.69) is 5.10 Å². The summed E-state index contributed by atoms with van der Waals surface area (Å²) in [7, 11) is 0. The van der Waals surface area contributed by atoms with Gasteiger partial charge in [0.05, 0.1) is 31.9 Å². The van der Waals surface area contributed by atoms with E-state index in [9.17, 15) is 18.4 Å². The lowest BCUT2D eigenvalue weighted by Crippen LogP contribution is -2.33. The molecule has 1 aliphatic heterocycles. The molecule has 0 N–H and O–H groups in total. The van der Waals surface area contributed by atoms with Gasteiger partial charge in [0, 0.05) is 24.8 Å². The molecule has 33 heavy (non-hydrogen) atoms. The van der Waals surface area contributed by atoms with E-state index < -0.39 is 11.6 Å². The number of esters is 1. The van der Waals surface area contributed by atoms with Crippen molar-refractivity contribution in [3.63, 3.8) is 0 Å². The lowest BCUT2D eigenvalue weighted by molar-refractivity contribution is -0.155. The summed E-state index contributed by atoms with van der Waals surface area (Å²) in [6.07, 6.45) is 1.42. The van der Waals surface area contributed by atoms with E-state index in [1.165, 1.54) is 23.0 Å². The van der Waals surface area contributed by atoms with Crippen molar-refractivity contribution < 1.29 is 27.8 Å². The summed E-state index contributed by atoms with van der Waals surface area (Å²) in [4.78, 5) is 24.5. The van der Waals surface area contributed by atoms with Gasteiger partial charge in [-0.3, -0.25) is 9.59 Å². The molecule has 0 spiro atoms. The van der Waals surface area contributed by atoms with E-state index in [1.54, 1.807) is 18.2 Å². The topological polar surface area (TPSA) is 79.7 Å². The van der Waals surface area contributed by atoms with Crippen molar-refractivity contribution >= 4 is 5.97 Å². The Bertz CT molecular complexity index is 1190. The van der Waals surface area contributed by atoms with E-state index in [0.29, 0.717) is 25.5 Å². The fourth-order valence-corrected chi connectivity index (χ4v) is 3.42. The van der Waals surface area contributed by atoms with Gasteiger partial charge in [0.1, 0.15) is 18.4 Å². The molecule has 0 saturated carbocycles. The van der Waals surface area contributed by atoms with E-state index in [0.717, 1.165) is 23.3 Å². The second-order valence-electron chi connectivity index (χ2n) is 7.59. The molecule has 4 rings (SSSR count). The van der Waals surface area contributed by atoms with E-state index in [1.807, 2.05) is 6.07 Å². The van der Waals surface area contributed by atoms with Crippen LogP contribution in [-0.2, 0) is 31.8 Å². The number of hydrogen-bond acceptors (Lipinski definition) is 6. The van der Waals surface area contributed by atoms with Crippen LogP contribution in [0.2, 0.25) is 0 Å². The molecule has 1 saturated heterocycles. The van der Waals surface area contributed by atoms with Crippen molar-refractivity contribution in [2.75, 3.05) is 26.4 Å². The molecule has 172 valence electrons. The maximum atomic E-state index is 13.6. The van der Waals surface area contributed by atoms with Crippen LogP contribution in [0.5, 0.6) is 0 Å². The number of rotatable bonds is 7. The average molecular weight is 456 g/mol. The van der Waals surface area contributed by atoms with Crippen LogP contribution in [0.3, 0.4) is 0 Å². The van der Waals surface area contributed by atoms with Crippen LogP contribution in [-0.4, -0.2) is 48.3 Å². The Hall–Kier alpha value is -3.43. The van der Waals surface area contributed by atoms with Crippen LogP contribution in [0.25, 0.3) is 5.69 Å². The summed E-state index contributed by atoms with van der Waals surface area (Å²) >= 11 is 0. The Morgan fingerprint density at radius 2 is 1.94 bits per heavy atom. The van der Waals surface area contributed by atoms with E-state index >= 15 is 0 Å². The molecule has 1 atom stereocenters. The summed E-state index contributed by atoms with van der Waals surface area (Å²) in [6, 6.07) is 11.9. The molecule has 3 aromatic rings. The van der Waals surface area contributed by atoms with Crippen LogP contribution in [0, 0.1) is 11.6 Å². The lowest BCUT2D eigenvalue weighted by Gasteiger charge is -2.22. The van der Waals surface area contributed by atoms with Gasteiger partial charge in [-0.1, -0.05) is 24.3 Å². The number of nitrogens with zero attached hydrogens (tertiary/aromatic N) is 2. The molecule has 2 aromatic carbocycles. The van der Waals surface area contributed by atoms with Gasteiger partial charge in [-0.05, 0) is 23.3 Å². The highest BCUT2D eigenvalue weighted by Crippen LogP contribution is 2.14. The zero-order chi connectivity index (χ0) is 23.2. The third kappa shape index (κ3) is 6.09. The summed E-state index contributed by atoms with van der Waals surface area (Å²) < 4.78 is 44.1. The normalized spacial score (nSPS) is 15.9. The molecule has 1 aliphatic rings. The van der Waals surface area contributed by atoms with Gasteiger partial charge in [0.2, 0.25) is 5.43 Å². The summed E-state index contributed by atoms with van der Waals surface area (Å²) in [5, 5.41) is 4.28. The quantitative estimate of drug-likeness (QED) is 0.509.